The van der Waals surface area contributed by atoms with Crippen molar-refractivity contribution in [2.24, 2.45) is 0 Å². The molecular weight excluding hydrogens is 331 g/mol. The second-order valence-corrected chi connectivity index (χ2v) is 5.45. The number of rotatable bonds is 3. The molecule has 0 aliphatic carbocycles. The third-order valence-corrected chi connectivity index (χ3v) is 3.35. The summed E-state index contributed by atoms with van der Waals surface area (Å²) >= 11 is 3.19. The molecule has 0 spiro atoms. The fourth-order valence-corrected chi connectivity index (χ4v) is 2.29. The van der Waals surface area contributed by atoms with E-state index >= 15 is 0 Å². The molecule has 0 saturated carbocycles. The van der Waals surface area contributed by atoms with Crippen molar-refractivity contribution in [3.8, 4) is 0 Å². The molecule has 2 aromatic rings. The van der Waals surface area contributed by atoms with E-state index < -0.39 is 11.7 Å². The van der Waals surface area contributed by atoms with Gasteiger partial charge in [-0.2, -0.15) is 13.2 Å². The average molecular weight is 344 g/mol. The molecule has 1 N–H and O–H groups in total. The molecule has 106 valence electrons. The van der Waals surface area contributed by atoms with Gasteiger partial charge in [-0.05, 0) is 30.7 Å². The maximum absolute atomic E-state index is 12.9. The van der Waals surface area contributed by atoms with E-state index in [2.05, 4.69) is 21.2 Å². The van der Waals surface area contributed by atoms with Crippen LogP contribution in [0.4, 0.5) is 18.9 Å². The van der Waals surface area contributed by atoms with E-state index in [-0.39, 0.29) is 5.69 Å². The molecule has 0 atom stereocenters. The highest BCUT2D eigenvalue weighted by Gasteiger charge is 2.33. The van der Waals surface area contributed by atoms with Crippen LogP contribution in [0.5, 0.6) is 0 Å². The molecule has 0 aromatic heterocycles. The van der Waals surface area contributed by atoms with Crippen LogP contribution in [0.3, 0.4) is 0 Å². The van der Waals surface area contributed by atoms with Gasteiger partial charge >= 0.3 is 6.18 Å². The van der Waals surface area contributed by atoms with Crippen molar-refractivity contribution in [3.05, 3.63) is 63.6 Å². The standard InChI is InChI=1S/C15H13BrF3N/c1-10-3-2-4-11(7-10)9-20-14-8-12(16)5-6-13(14)15(17,18)19/h2-8,20H,9H2,1H3. The van der Waals surface area contributed by atoms with Crippen LogP contribution in [0, 0.1) is 6.92 Å². The summed E-state index contributed by atoms with van der Waals surface area (Å²) in [5.74, 6) is 0. The van der Waals surface area contributed by atoms with Gasteiger partial charge in [0, 0.05) is 16.7 Å². The second kappa shape index (κ2) is 5.87. The van der Waals surface area contributed by atoms with E-state index in [0.717, 1.165) is 17.2 Å². The van der Waals surface area contributed by atoms with Gasteiger partial charge in [-0.3, -0.25) is 0 Å². The molecular formula is C15H13BrF3N. The van der Waals surface area contributed by atoms with Crippen molar-refractivity contribution < 1.29 is 13.2 Å². The summed E-state index contributed by atoms with van der Waals surface area (Å²) in [7, 11) is 0. The Balaban J connectivity index is 2.22. The molecule has 0 aliphatic heterocycles. The van der Waals surface area contributed by atoms with Gasteiger partial charge < -0.3 is 5.32 Å². The lowest BCUT2D eigenvalue weighted by Crippen LogP contribution is -2.10. The Hall–Kier alpha value is -1.49. The third-order valence-electron chi connectivity index (χ3n) is 2.85. The minimum atomic E-state index is -4.37. The molecule has 20 heavy (non-hydrogen) atoms. The van der Waals surface area contributed by atoms with Crippen LogP contribution in [-0.4, -0.2) is 0 Å². The number of benzene rings is 2. The normalized spacial score (nSPS) is 11.4. The maximum atomic E-state index is 12.9. The van der Waals surface area contributed by atoms with Gasteiger partial charge in [-0.1, -0.05) is 45.8 Å². The quantitative estimate of drug-likeness (QED) is 0.787. The Bertz CT molecular complexity index is 608. The highest BCUT2D eigenvalue weighted by atomic mass is 79.9. The van der Waals surface area contributed by atoms with Gasteiger partial charge in [0.25, 0.3) is 0 Å². The lowest BCUT2D eigenvalue weighted by molar-refractivity contribution is -0.137. The lowest BCUT2D eigenvalue weighted by Gasteiger charge is -2.15. The van der Waals surface area contributed by atoms with Crippen molar-refractivity contribution >= 4 is 21.6 Å². The fraction of sp³-hybridized carbons (Fsp3) is 0.200. The molecule has 0 aliphatic rings. The fourth-order valence-electron chi connectivity index (χ4n) is 1.93. The van der Waals surface area contributed by atoms with Gasteiger partial charge in [0.2, 0.25) is 0 Å². The van der Waals surface area contributed by atoms with Crippen LogP contribution in [0.15, 0.2) is 46.9 Å². The van der Waals surface area contributed by atoms with Crippen molar-refractivity contribution in [1.29, 1.82) is 0 Å². The zero-order valence-corrected chi connectivity index (χ0v) is 12.3. The Morgan fingerprint density at radius 2 is 1.85 bits per heavy atom. The van der Waals surface area contributed by atoms with Crippen molar-refractivity contribution in [3.63, 3.8) is 0 Å². The Morgan fingerprint density at radius 1 is 1.10 bits per heavy atom. The number of aryl methyl sites for hydroxylation is 1. The van der Waals surface area contributed by atoms with Gasteiger partial charge in [0.05, 0.1) is 5.56 Å². The minimum absolute atomic E-state index is 0.0772. The summed E-state index contributed by atoms with van der Waals surface area (Å²) in [4.78, 5) is 0. The van der Waals surface area contributed by atoms with E-state index in [1.807, 2.05) is 31.2 Å². The molecule has 2 aromatic carbocycles. The molecule has 5 heteroatoms. The Morgan fingerprint density at radius 3 is 2.50 bits per heavy atom. The SMILES string of the molecule is Cc1cccc(CNc2cc(Br)ccc2C(F)(F)F)c1. The van der Waals surface area contributed by atoms with Gasteiger partial charge in [0.1, 0.15) is 0 Å². The van der Waals surface area contributed by atoms with E-state index in [1.165, 1.54) is 12.1 Å². The number of anilines is 1. The Labute approximate surface area is 123 Å². The predicted octanol–water partition coefficient (Wildman–Crippen LogP) is 5.39. The second-order valence-electron chi connectivity index (χ2n) is 4.53. The van der Waals surface area contributed by atoms with Crippen molar-refractivity contribution in [1.82, 2.24) is 0 Å². The molecule has 0 heterocycles. The number of nitrogens with one attached hydrogen (secondary N) is 1. The Kier molecular flexibility index (Phi) is 4.38. The largest absolute Gasteiger partial charge is 0.418 e. The predicted molar refractivity (Wildman–Crippen MR) is 77.6 cm³/mol. The van der Waals surface area contributed by atoms with Gasteiger partial charge in [-0.25, -0.2) is 0 Å². The number of hydrogen-bond donors (Lipinski definition) is 1. The van der Waals surface area contributed by atoms with Crippen LogP contribution >= 0.6 is 15.9 Å². The highest BCUT2D eigenvalue weighted by Crippen LogP contribution is 2.36. The summed E-state index contributed by atoms with van der Waals surface area (Å²) in [5.41, 5.74) is 1.44. The monoisotopic (exact) mass is 343 g/mol. The molecule has 0 bridgehead atoms. The summed E-state index contributed by atoms with van der Waals surface area (Å²) < 4.78 is 39.4. The third kappa shape index (κ3) is 3.76. The highest BCUT2D eigenvalue weighted by molar-refractivity contribution is 9.10. The topological polar surface area (TPSA) is 12.0 Å². The van der Waals surface area contributed by atoms with E-state index in [9.17, 15) is 13.2 Å². The molecule has 0 unspecified atom stereocenters. The molecule has 0 fully saturated rings. The number of hydrogen-bond acceptors (Lipinski definition) is 1. The van der Waals surface area contributed by atoms with E-state index in [0.29, 0.717) is 11.0 Å². The average Bonchev–Trinajstić information content (AvgIpc) is 2.35. The van der Waals surface area contributed by atoms with E-state index in [4.69, 9.17) is 0 Å². The molecule has 0 saturated heterocycles. The smallest absolute Gasteiger partial charge is 0.380 e. The van der Waals surface area contributed by atoms with Gasteiger partial charge in [-0.15, -0.1) is 0 Å². The summed E-state index contributed by atoms with van der Waals surface area (Å²) in [6.45, 7) is 2.30. The maximum Gasteiger partial charge on any atom is 0.418 e. The van der Waals surface area contributed by atoms with Crippen molar-refractivity contribution in [2.75, 3.05) is 5.32 Å². The van der Waals surface area contributed by atoms with Crippen molar-refractivity contribution in [2.45, 2.75) is 19.6 Å². The molecule has 0 amide bonds. The summed E-state index contributed by atoms with van der Waals surface area (Å²) in [5, 5.41) is 2.85. The van der Waals surface area contributed by atoms with Crippen LogP contribution in [-0.2, 0) is 12.7 Å². The first kappa shape index (κ1) is 14.9. The number of alkyl halides is 3. The van der Waals surface area contributed by atoms with Crippen LogP contribution in [0.25, 0.3) is 0 Å². The van der Waals surface area contributed by atoms with Crippen LogP contribution in [0.1, 0.15) is 16.7 Å². The van der Waals surface area contributed by atoms with E-state index in [1.54, 1.807) is 0 Å². The first-order valence-corrected chi connectivity index (χ1v) is 6.82. The summed E-state index contributed by atoms with van der Waals surface area (Å²) in [6.07, 6.45) is -4.37. The molecule has 2 rings (SSSR count). The zero-order valence-electron chi connectivity index (χ0n) is 10.8. The van der Waals surface area contributed by atoms with Gasteiger partial charge in [0.15, 0.2) is 0 Å². The summed E-state index contributed by atoms with van der Waals surface area (Å²) in [6, 6.07) is 11.6. The number of halogens is 4. The zero-order chi connectivity index (χ0) is 14.8. The minimum Gasteiger partial charge on any atom is -0.380 e. The van der Waals surface area contributed by atoms with Crippen LogP contribution < -0.4 is 5.32 Å². The van der Waals surface area contributed by atoms with Crippen LogP contribution in [0.2, 0.25) is 0 Å². The lowest BCUT2D eigenvalue weighted by atomic mass is 10.1. The molecule has 1 nitrogen and oxygen atoms in total. The molecule has 0 radical (unpaired) electrons. The first-order chi connectivity index (χ1) is 9.36. The first-order valence-electron chi connectivity index (χ1n) is 6.02.